The molecule has 0 saturated carbocycles. The molecule has 2 rings (SSSR count). The highest BCUT2D eigenvalue weighted by Crippen LogP contribution is 2.15. The Kier molecular flexibility index (Phi) is 2.21. The molecule has 1 aliphatic rings. The van der Waals surface area contributed by atoms with Crippen molar-refractivity contribution in [2.75, 3.05) is 0 Å². The highest BCUT2D eigenvalue weighted by Gasteiger charge is 2.29. The van der Waals surface area contributed by atoms with Crippen molar-refractivity contribution in [1.82, 2.24) is 5.32 Å². The second kappa shape index (κ2) is 3.38. The first kappa shape index (κ1) is 9.15. The van der Waals surface area contributed by atoms with Gasteiger partial charge in [0.15, 0.2) is 0 Å². The van der Waals surface area contributed by atoms with Gasteiger partial charge < -0.3 is 0 Å². The number of nitrogens with one attached hydrogen (secondary N) is 1. The van der Waals surface area contributed by atoms with E-state index in [1.165, 1.54) is 0 Å². The van der Waals surface area contributed by atoms with E-state index in [1.807, 2.05) is 24.3 Å². The number of hydrogen-bond acceptors (Lipinski definition) is 2. The van der Waals surface area contributed by atoms with Crippen LogP contribution in [0.1, 0.15) is 5.56 Å². The predicted molar refractivity (Wildman–Crippen MR) is 55.3 cm³/mol. The van der Waals surface area contributed by atoms with Gasteiger partial charge in [-0.05, 0) is 23.8 Å². The summed E-state index contributed by atoms with van der Waals surface area (Å²) in [5, 5.41) is 2.13. The molecule has 1 fully saturated rings. The van der Waals surface area contributed by atoms with Crippen LogP contribution in [-0.2, 0) is 9.59 Å². The molecule has 1 aromatic rings. The van der Waals surface area contributed by atoms with Gasteiger partial charge in [-0.2, -0.15) is 0 Å². The first-order valence-electron chi connectivity index (χ1n) is 4.00. The van der Waals surface area contributed by atoms with Crippen LogP contribution in [0.3, 0.4) is 0 Å². The molecular weight excluding hydrogens is 246 g/mol. The molecule has 1 N–H and O–H groups in total. The molecule has 1 heterocycles. The molecule has 0 aliphatic carbocycles. The van der Waals surface area contributed by atoms with Gasteiger partial charge >= 0.3 is 0 Å². The summed E-state index contributed by atoms with van der Waals surface area (Å²) >= 11 is 3.30. The second-order valence-electron chi connectivity index (χ2n) is 2.89. The van der Waals surface area contributed by atoms with E-state index < -0.39 is 0 Å². The Morgan fingerprint density at radius 2 is 1.64 bits per heavy atom. The van der Waals surface area contributed by atoms with Crippen LogP contribution in [0.2, 0.25) is 0 Å². The molecule has 0 unspecified atom stereocenters. The predicted octanol–water partition coefficient (Wildman–Crippen LogP) is 1.49. The van der Waals surface area contributed by atoms with Crippen molar-refractivity contribution in [2.45, 2.75) is 0 Å². The molecule has 70 valence electrons. The van der Waals surface area contributed by atoms with Crippen LogP contribution < -0.4 is 5.32 Å². The minimum absolute atomic E-state index is 0.215. The molecule has 14 heavy (non-hydrogen) atoms. The number of β-lactam (4-membered cyclic amide) rings is 2. The van der Waals surface area contributed by atoms with Crippen molar-refractivity contribution in [3.63, 3.8) is 0 Å². The summed E-state index contributed by atoms with van der Waals surface area (Å²) in [5.74, 6) is -0.615. The third-order valence-corrected chi connectivity index (χ3v) is 2.43. The van der Waals surface area contributed by atoms with Gasteiger partial charge in [-0.1, -0.05) is 28.1 Å². The van der Waals surface area contributed by atoms with Crippen LogP contribution in [0.5, 0.6) is 0 Å². The molecule has 0 radical (unpaired) electrons. The largest absolute Gasteiger partial charge is 0.288 e. The van der Waals surface area contributed by atoms with E-state index in [-0.39, 0.29) is 17.4 Å². The summed E-state index contributed by atoms with van der Waals surface area (Å²) in [5.41, 5.74) is 1.05. The molecule has 4 heteroatoms. The van der Waals surface area contributed by atoms with E-state index in [2.05, 4.69) is 21.2 Å². The van der Waals surface area contributed by atoms with Crippen molar-refractivity contribution >= 4 is 33.8 Å². The van der Waals surface area contributed by atoms with Crippen molar-refractivity contribution in [3.05, 3.63) is 39.9 Å². The molecule has 0 aromatic heterocycles. The number of halogens is 1. The monoisotopic (exact) mass is 251 g/mol. The second-order valence-corrected chi connectivity index (χ2v) is 3.81. The summed E-state index contributed by atoms with van der Waals surface area (Å²) in [6.07, 6.45) is 1.58. The Bertz CT molecular complexity index is 418. The van der Waals surface area contributed by atoms with Gasteiger partial charge in [-0.25, -0.2) is 0 Å². The quantitative estimate of drug-likeness (QED) is 0.467. The molecule has 1 aliphatic heterocycles. The smallest absolute Gasteiger partial charge is 0.263 e. The molecule has 0 spiro atoms. The van der Waals surface area contributed by atoms with Crippen molar-refractivity contribution in [3.8, 4) is 0 Å². The highest BCUT2D eigenvalue weighted by molar-refractivity contribution is 9.10. The standard InChI is InChI=1S/C10H6BrNO2/c11-7-3-1-6(2-4-7)5-8-9(13)12-10(8)14/h1-5H,(H,12,13,14). The number of hydrogen-bond donors (Lipinski definition) is 1. The molecule has 0 atom stereocenters. The Hall–Kier alpha value is -1.42. The van der Waals surface area contributed by atoms with Gasteiger partial charge in [0.25, 0.3) is 11.8 Å². The minimum Gasteiger partial charge on any atom is -0.288 e. The zero-order valence-electron chi connectivity index (χ0n) is 7.08. The van der Waals surface area contributed by atoms with Gasteiger partial charge in [0, 0.05) is 4.47 Å². The van der Waals surface area contributed by atoms with Crippen LogP contribution >= 0.6 is 15.9 Å². The van der Waals surface area contributed by atoms with Crippen LogP contribution in [0.25, 0.3) is 6.08 Å². The number of benzene rings is 1. The summed E-state index contributed by atoms with van der Waals surface area (Å²) < 4.78 is 0.962. The molecule has 1 saturated heterocycles. The zero-order valence-corrected chi connectivity index (χ0v) is 8.67. The number of amides is 2. The van der Waals surface area contributed by atoms with Crippen LogP contribution in [0.15, 0.2) is 34.3 Å². The van der Waals surface area contributed by atoms with Crippen molar-refractivity contribution in [1.29, 1.82) is 0 Å². The van der Waals surface area contributed by atoms with Crippen molar-refractivity contribution in [2.24, 2.45) is 0 Å². The summed E-state index contributed by atoms with van der Waals surface area (Å²) in [6, 6.07) is 7.37. The summed E-state index contributed by atoms with van der Waals surface area (Å²) in [6.45, 7) is 0. The fraction of sp³-hybridized carbons (Fsp3) is 0. The minimum atomic E-state index is -0.307. The average Bonchev–Trinajstić information content (AvgIpc) is 2.17. The zero-order chi connectivity index (χ0) is 10.1. The number of imide groups is 1. The van der Waals surface area contributed by atoms with Gasteiger partial charge in [0.05, 0.1) is 0 Å². The fourth-order valence-corrected chi connectivity index (χ4v) is 1.40. The van der Waals surface area contributed by atoms with Gasteiger partial charge in [-0.3, -0.25) is 14.9 Å². The van der Waals surface area contributed by atoms with E-state index in [4.69, 9.17) is 0 Å². The number of carbonyl (C=O) groups is 2. The van der Waals surface area contributed by atoms with E-state index in [0.29, 0.717) is 0 Å². The lowest BCUT2D eigenvalue weighted by molar-refractivity contribution is -0.134. The number of carbonyl (C=O) groups excluding carboxylic acids is 2. The average molecular weight is 252 g/mol. The lowest BCUT2D eigenvalue weighted by atomic mass is 10.1. The third-order valence-electron chi connectivity index (χ3n) is 1.90. The topological polar surface area (TPSA) is 46.2 Å². The van der Waals surface area contributed by atoms with E-state index in [1.54, 1.807) is 6.08 Å². The Labute approximate surface area is 88.9 Å². The Morgan fingerprint density at radius 1 is 1.07 bits per heavy atom. The molecular formula is C10H6BrNO2. The lowest BCUT2D eigenvalue weighted by Crippen LogP contribution is -2.47. The molecule has 3 nitrogen and oxygen atoms in total. The first-order valence-corrected chi connectivity index (χ1v) is 4.79. The maximum Gasteiger partial charge on any atom is 0.263 e. The first-order chi connectivity index (χ1) is 6.66. The van der Waals surface area contributed by atoms with Crippen LogP contribution in [0, 0.1) is 0 Å². The van der Waals surface area contributed by atoms with Crippen molar-refractivity contribution < 1.29 is 9.59 Å². The number of rotatable bonds is 1. The highest BCUT2D eigenvalue weighted by atomic mass is 79.9. The van der Waals surface area contributed by atoms with Gasteiger partial charge in [0.2, 0.25) is 0 Å². The summed E-state index contributed by atoms with van der Waals surface area (Å²) in [7, 11) is 0. The van der Waals surface area contributed by atoms with Gasteiger partial charge in [-0.15, -0.1) is 0 Å². The van der Waals surface area contributed by atoms with Crippen LogP contribution in [0.4, 0.5) is 0 Å². The van der Waals surface area contributed by atoms with E-state index in [9.17, 15) is 9.59 Å². The maximum atomic E-state index is 10.9. The lowest BCUT2D eigenvalue weighted by Gasteiger charge is -2.14. The normalized spacial score (nSPS) is 14.8. The molecule has 1 aromatic carbocycles. The van der Waals surface area contributed by atoms with Gasteiger partial charge in [0.1, 0.15) is 5.57 Å². The fourth-order valence-electron chi connectivity index (χ4n) is 1.14. The third kappa shape index (κ3) is 1.61. The molecule has 0 bridgehead atoms. The summed E-state index contributed by atoms with van der Waals surface area (Å²) in [4.78, 5) is 21.8. The Balaban J connectivity index is 2.29. The van der Waals surface area contributed by atoms with Crippen LogP contribution in [-0.4, -0.2) is 11.8 Å². The Morgan fingerprint density at radius 3 is 2.14 bits per heavy atom. The molecule has 2 amide bonds. The van der Waals surface area contributed by atoms with E-state index in [0.717, 1.165) is 10.0 Å². The SMILES string of the molecule is O=C1NC(=O)C1=Cc1ccc(Br)cc1. The maximum absolute atomic E-state index is 10.9. The van der Waals surface area contributed by atoms with E-state index >= 15 is 0 Å².